The molecular weight excluding hydrogens is 240 g/mol. The predicted molar refractivity (Wildman–Crippen MR) is 61.4 cm³/mol. The maximum atomic E-state index is 12.0. The lowest BCUT2D eigenvalue weighted by Crippen LogP contribution is -2.38. The van der Waals surface area contributed by atoms with Crippen LogP contribution in [0.15, 0.2) is 15.8 Å². The van der Waals surface area contributed by atoms with Gasteiger partial charge in [-0.25, -0.2) is 4.79 Å². The summed E-state index contributed by atoms with van der Waals surface area (Å²) in [5.74, 6) is -1.08. The molecule has 0 bridgehead atoms. The van der Waals surface area contributed by atoms with Gasteiger partial charge in [0.05, 0.1) is 18.0 Å². The molecule has 8 heteroatoms. The smallest absolute Gasteiger partial charge is 0.332 e. The molecule has 1 N–H and O–H groups in total. The molecule has 0 aliphatic rings. The Balaban J connectivity index is 2.98. The summed E-state index contributed by atoms with van der Waals surface area (Å²) in [5, 5.41) is 16.2. The number of fused-ring (bicyclic) bond motifs is 1. The summed E-state index contributed by atoms with van der Waals surface area (Å²) in [4.78, 5) is 34.4. The van der Waals surface area contributed by atoms with E-state index >= 15 is 0 Å². The maximum Gasteiger partial charge on any atom is 0.332 e. The van der Waals surface area contributed by atoms with Crippen molar-refractivity contribution in [1.29, 1.82) is 0 Å². The van der Waals surface area contributed by atoms with Crippen LogP contribution >= 0.6 is 0 Å². The number of carbonyl (C=O) groups is 1. The van der Waals surface area contributed by atoms with Crippen LogP contribution in [0, 0.1) is 0 Å². The summed E-state index contributed by atoms with van der Waals surface area (Å²) in [6.07, 6.45) is 0.877. The van der Waals surface area contributed by atoms with Gasteiger partial charge >= 0.3 is 11.7 Å². The number of hydrogen-bond donors (Lipinski definition) is 1. The zero-order valence-corrected chi connectivity index (χ0v) is 9.75. The molecule has 0 atom stereocenters. The van der Waals surface area contributed by atoms with Crippen molar-refractivity contribution in [1.82, 2.24) is 19.3 Å². The number of aromatic nitrogens is 4. The molecular formula is C10H10N4O4. The Morgan fingerprint density at radius 3 is 2.61 bits per heavy atom. The monoisotopic (exact) mass is 250 g/mol. The number of nitrogens with zero attached hydrogens (tertiary/aromatic N) is 4. The van der Waals surface area contributed by atoms with Gasteiger partial charge in [0.15, 0.2) is 5.65 Å². The number of aryl methyl sites for hydroxylation is 1. The van der Waals surface area contributed by atoms with Crippen LogP contribution in [0.5, 0.6) is 0 Å². The van der Waals surface area contributed by atoms with Gasteiger partial charge in [0.1, 0.15) is 0 Å². The molecule has 0 saturated carbocycles. The van der Waals surface area contributed by atoms with E-state index in [2.05, 4.69) is 10.2 Å². The summed E-state index contributed by atoms with van der Waals surface area (Å²) >= 11 is 0. The van der Waals surface area contributed by atoms with E-state index in [0.29, 0.717) is 0 Å². The molecule has 0 radical (unpaired) electrons. The van der Waals surface area contributed by atoms with Crippen molar-refractivity contribution in [2.75, 3.05) is 0 Å². The minimum atomic E-state index is -1.08. The first-order chi connectivity index (χ1) is 8.43. The van der Waals surface area contributed by atoms with Crippen molar-refractivity contribution in [3.8, 4) is 0 Å². The van der Waals surface area contributed by atoms with E-state index in [0.717, 1.165) is 9.13 Å². The summed E-state index contributed by atoms with van der Waals surface area (Å²) < 4.78 is 2.07. The molecule has 0 amide bonds. The van der Waals surface area contributed by atoms with Crippen molar-refractivity contribution in [3.63, 3.8) is 0 Å². The first-order valence-electron chi connectivity index (χ1n) is 5.05. The third-order valence-corrected chi connectivity index (χ3v) is 2.66. The summed E-state index contributed by atoms with van der Waals surface area (Å²) in [6, 6.07) is 0. The molecule has 2 aromatic heterocycles. The third-order valence-electron chi connectivity index (χ3n) is 2.66. The van der Waals surface area contributed by atoms with Crippen molar-refractivity contribution in [2.45, 2.75) is 6.42 Å². The van der Waals surface area contributed by atoms with Gasteiger partial charge in [0.2, 0.25) is 0 Å². The Kier molecular flexibility index (Phi) is 2.70. The Bertz CT molecular complexity index is 759. The highest BCUT2D eigenvalue weighted by Gasteiger charge is 2.15. The molecule has 0 saturated heterocycles. The minimum absolute atomic E-state index is 0.0850. The molecule has 0 unspecified atom stereocenters. The van der Waals surface area contributed by atoms with Gasteiger partial charge in [0, 0.05) is 14.1 Å². The molecule has 0 aliphatic carbocycles. The normalized spacial score (nSPS) is 10.8. The second-order valence-electron chi connectivity index (χ2n) is 3.84. The lowest BCUT2D eigenvalue weighted by atomic mass is 10.1. The highest BCUT2D eigenvalue weighted by Crippen LogP contribution is 2.09. The van der Waals surface area contributed by atoms with Crippen LogP contribution in [0.1, 0.15) is 5.56 Å². The lowest BCUT2D eigenvalue weighted by Gasteiger charge is -2.07. The fourth-order valence-corrected chi connectivity index (χ4v) is 1.75. The number of carboxylic acid groups (broad SMARTS) is 1. The maximum absolute atomic E-state index is 12.0. The quantitative estimate of drug-likeness (QED) is 0.706. The van der Waals surface area contributed by atoms with Gasteiger partial charge in [0.25, 0.3) is 5.56 Å². The highest BCUT2D eigenvalue weighted by atomic mass is 16.4. The van der Waals surface area contributed by atoms with E-state index in [4.69, 9.17) is 5.11 Å². The fourth-order valence-electron chi connectivity index (χ4n) is 1.75. The number of aliphatic carboxylic acids is 1. The summed E-state index contributed by atoms with van der Waals surface area (Å²) in [5.41, 5.74) is -0.779. The van der Waals surface area contributed by atoms with Crippen molar-refractivity contribution in [3.05, 3.63) is 32.6 Å². The van der Waals surface area contributed by atoms with E-state index in [-0.39, 0.29) is 23.0 Å². The van der Waals surface area contributed by atoms with Crippen molar-refractivity contribution in [2.24, 2.45) is 14.1 Å². The van der Waals surface area contributed by atoms with E-state index < -0.39 is 17.2 Å². The Hall–Kier alpha value is -2.51. The van der Waals surface area contributed by atoms with E-state index in [9.17, 15) is 14.4 Å². The standard InChI is InChI=1S/C10H10N4O4/c1-13-8-7(9(17)14(2)10(13)18)5(3-6(15)16)4-11-12-8/h4H,3H2,1-2H3,(H,15,16). The molecule has 18 heavy (non-hydrogen) atoms. The van der Waals surface area contributed by atoms with Gasteiger partial charge < -0.3 is 5.11 Å². The molecule has 8 nitrogen and oxygen atoms in total. The van der Waals surface area contributed by atoms with Crippen molar-refractivity contribution < 1.29 is 9.90 Å². The van der Waals surface area contributed by atoms with E-state index in [1.54, 1.807) is 0 Å². The average molecular weight is 250 g/mol. The number of rotatable bonds is 2. The van der Waals surface area contributed by atoms with Crippen LogP contribution in [-0.2, 0) is 25.3 Å². The second-order valence-corrected chi connectivity index (χ2v) is 3.84. The van der Waals surface area contributed by atoms with Crippen LogP contribution in [0.2, 0.25) is 0 Å². The third kappa shape index (κ3) is 1.67. The van der Waals surface area contributed by atoms with E-state index in [1.165, 1.54) is 20.3 Å². The zero-order valence-electron chi connectivity index (χ0n) is 9.75. The first kappa shape index (κ1) is 12.0. The molecule has 0 fully saturated rings. The largest absolute Gasteiger partial charge is 0.481 e. The second kappa shape index (κ2) is 4.06. The van der Waals surface area contributed by atoms with Gasteiger partial charge in [-0.3, -0.25) is 18.7 Å². The molecule has 2 aromatic rings. The van der Waals surface area contributed by atoms with Gasteiger partial charge in [-0.05, 0) is 5.56 Å². The fraction of sp³-hybridized carbons (Fsp3) is 0.300. The minimum Gasteiger partial charge on any atom is -0.481 e. The molecule has 0 aromatic carbocycles. The Morgan fingerprint density at radius 2 is 2.00 bits per heavy atom. The molecule has 0 spiro atoms. The van der Waals surface area contributed by atoms with Crippen LogP contribution in [-0.4, -0.2) is 30.4 Å². The molecule has 2 heterocycles. The zero-order chi connectivity index (χ0) is 13.4. The van der Waals surface area contributed by atoms with Gasteiger partial charge in [-0.1, -0.05) is 0 Å². The molecule has 0 aliphatic heterocycles. The number of carboxylic acids is 1. The Morgan fingerprint density at radius 1 is 1.33 bits per heavy atom. The topological polar surface area (TPSA) is 107 Å². The predicted octanol–water partition coefficient (Wildman–Crippen LogP) is -1.35. The first-order valence-corrected chi connectivity index (χ1v) is 5.05. The van der Waals surface area contributed by atoms with Gasteiger partial charge in [-0.2, -0.15) is 5.10 Å². The Labute approximate surface area is 100 Å². The van der Waals surface area contributed by atoms with Crippen LogP contribution in [0.4, 0.5) is 0 Å². The summed E-state index contributed by atoms with van der Waals surface area (Å²) in [6.45, 7) is 0. The van der Waals surface area contributed by atoms with Crippen molar-refractivity contribution >= 4 is 17.0 Å². The average Bonchev–Trinajstić information content (AvgIpc) is 2.32. The lowest BCUT2D eigenvalue weighted by molar-refractivity contribution is -0.136. The molecule has 94 valence electrons. The molecule has 2 rings (SSSR count). The van der Waals surface area contributed by atoms with Crippen LogP contribution in [0.25, 0.3) is 11.0 Å². The van der Waals surface area contributed by atoms with Gasteiger partial charge in [-0.15, -0.1) is 5.10 Å². The SMILES string of the molecule is Cn1c(=O)c2c(CC(=O)O)cnnc2n(C)c1=O. The number of hydrogen-bond acceptors (Lipinski definition) is 5. The van der Waals surface area contributed by atoms with Crippen LogP contribution < -0.4 is 11.2 Å². The highest BCUT2D eigenvalue weighted by molar-refractivity contribution is 5.82. The summed E-state index contributed by atoms with van der Waals surface area (Å²) in [7, 11) is 2.78. The van der Waals surface area contributed by atoms with E-state index in [1.807, 2.05) is 0 Å². The van der Waals surface area contributed by atoms with Crippen LogP contribution in [0.3, 0.4) is 0 Å².